The van der Waals surface area contributed by atoms with Crippen LogP contribution in [-0.2, 0) is 19.6 Å². The van der Waals surface area contributed by atoms with Gasteiger partial charge in [0.15, 0.2) is 6.10 Å². The summed E-state index contributed by atoms with van der Waals surface area (Å²) in [6.45, 7) is 5.84. The van der Waals surface area contributed by atoms with Crippen molar-refractivity contribution in [2.24, 2.45) is 0 Å². The van der Waals surface area contributed by atoms with Crippen molar-refractivity contribution in [2.75, 3.05) is 18.4 Å². The Morgan fingerprint density at radius 3 is 2.23 bits per heavy atom. The summed E-state index contributed by atoms with van der Waals surface area (Å²) < 4.78 is 51.2. The summed E-state index contributed by atoms with van der Waals surface area (Å²) in [4.78, 5) is 12.5. The van der Waals surface area contributed by atoms with Crippen LogP contribution in [0.4, 0.5) is 10.1 Å². The Morgan fingerprint density at radius 2 is 1.67 bits per heavy atom. The van der Waals surface area contributed by atoms with E-state index < -0.39 is 27.9 Å². The number of halogens is 1. The first kappa shape index (κ1) is 22.2. The number of nitrogens with zero attached hydrogens (tertiary/aromatic N) is 1. The summed E-state index contributed by atoms with van der Waals surface area (Å²) in [6, 6.07) is 11.3. The van der Waals surface area contributed by atoms with E-state index in [4.69, 9.17) is 9.47 Å². The zero-order chi connectivity index (χ0) is 21.9. The second-order valence-electron chi connectivity index (χ2n) is 7.31. The van der Waals surface area contributed by atoms with Gasteiger partial charge in [0.1, 0.15) is 11.6 Å². The molecule has 1 N–H and O–H groups in total. The van der Waals surface area contributed by atoms with E-state index in [1.165, 1.54) is 52.8 Å². The van der Waals surface area contributed by atoms with E-state index in [0.29, 0.717) is 24.5 Å². The lowest BCUT2D eigenvalue weighted by atomic mass is 10.3. The lowest BCUT2D eigenvalue weighted by Gasteiger charge is -2.34. The average molecular weight is 437 g/mol. The van der Waals surface area contributed by atoms with Gasteiger partial charge in [0.2, 0.25) is 10.0 Å². The number of rotatable bonds is 6. The first-order chi connectivity index (χ1) is 14.1. The second-order valence-corrected chi connectivity index (χ2v) is 9.24. The van der Waals surface area contributed by atoms with Crippen LogP contribution in [0.15, 0.2) is 53.4 Å². The van der Waals surface area contributed by atoms with Crippen molar-refractivity contribution in [3.63, 3.8) is 0 Å². The summed E-state index contributed by atoms with van der Waals surface area (Å²) in [6.07, 6.45) is -1.18. The molecule has 2 aromatic rings. The molecule has 0 radical (unpaired) electrons. The molecule has 3 rings (SSSR count). The molecule has 1 fully saturated rings. The van der Waals surface area contributed by atoms with Crippen molar-refractivity contribution in [3.8, 4) is 5.75 Å². The topological polar surface area (TPSA) is 84.9 Å². The maximum absolute atomic E-state index is 13.0. The van der Waals surface area contributed by atoms with E-state index >= 15 is 0 Å². The van der Waals surface area contributed by atoms with Crippen molar-refractivity contribution < 1.29 is 27.1 Å². The van der Waals surface area contributed by atoms with Gasteiger partial charge in [0, 0.05) is 18.8 Å². The van der Waals surface area contributed by atoms with Crippen LogP contribution in [0.25, 0.3) is 0 Å². The second kappa shape index (κ2) is 9.11. The van der Waals surface area contributed by atoms with Crippen LogP contribution < -0.4 is 10.1 Å². The molecule has 0 aliphatic carbocycles. The average Bonchev–Trinajstić information content (AvgIpc) is 2.69. The van der Waals surface area contributed by atoms with Gasteiger partial charge in [-0.3, -0.25) is 4.79 Å². The number of anilines is 1. The number of nitrogens with one attached hydrogen (secondary N) is 1. The van der Waals surface area contributed by atoms with Gasteiger partial charge in [-0.25, -0.2) is 12.8 Å². The predicted octanol–water partition coefficient (Wildman–Crippen LogP) is 3.03. The molecule has 9 heteroatoms. The lowest BCUT2D eigenvalue weighted by molar-refractivity contribution is -0.122. The molecule has 0 saturated carbocycles. The van der Waals surface area contributed by atoms with E-state index in [9.17, 15) is 17.6 Å². The van der Waals surface area contributed by atoms with Gasteiger partial charge in [-0.1, -0.05) is 0 Å². The van der Waals surface area contributed by atoms with E-state index in [1.807, 2.05) is 13.8 Å². The zero-order valence-corrected chi connectivity index (χ0v) is 17.9. The fourth-order valence-electron chi connectivity index (χ4n) is 3.20. The summed E-state index contributed by atoms with van der Waals surface area (Å²) in [7, 11) is -3.65. The van der Waals surface area contributed by atoms with E-state index in [1.54, 1.807) is 6.92 Å². The minimum absolute atomic E-state index is 0.150. The van der Waals surface area contributed by atoms with Crippen LogP contribution in [0.2, 0.25) is 0 Å². The zero-order valence-electron chi connectivity index (χ0n) is 17.0. The largest absolute Gasteiger partial charge is 0.481 e. The normalized spacial score (nSPS) is 21.1. The van der Waals surface area contributed by atoms with E-state index in [0.717, 1.165) is 0 Å². The van der Waals surface area contributed by atoms with Crippen molar-refractivity contribution >= 4 is 21.6 Å². The van der Waals surface area contributed by atoms with E-state index in [2.05, 4.69) is 5.32 Å². The SMILES string of the molecule is C[C@@H]1CN(S(=O)(=O)c2ccc(NC(=O)[C@H](C)Oc3ccc(F)cc3)cc2)C[C@H](C)O1. The molecule has 0 bridgehead atoms. The smallest absolute Gasteiger partial charge is 0.265 e. The van der Waals surface area contributed by atoms with Crippen LogP contribution in [-0.4, -0.2) is 50.0 Å². The first-order valence-electron chi connectivity index (χ1n) is 9.64. The molecular weight excluding hydrogens is 411 g/mol. The fourth-order valence-corrected chi connectivity index (χ4v) is 4.79. The molecule has 2 aromatic carbocycles. The number of morpholine rings is 1. The van der Waals surface area contributed by atoms with Crippen LogP contribution in [0.5, 0.6) is 5.75 Å². The highest BCUT2D eigenvalue weighted by Crippen LogP contribution is 2.23. The van der Waals surface area contributed by atoms with Gasteiger partial charge < -0.3 is 14.8 Å². The van der Waals surface area contributed by atoms with Gasteiger partial charge in [-0.2, -0.15) is 4.31 Å². The standard InChI is InChI=1S/C21H25FN2O5S/c1-14-12-24(13-15(2)28-14)30(26,27)20-10-6-18(7-11-20)23-21(25)16(3)29-19-8-4-17(22)5-9-19/h4-11,14-16H,12-13H2,1-3H3,(H,23,25)/t14-,15+,16-/m0/s1. The highest BCUT2D eigenvalue weighted by atomic mass is 32.2. The molecule has 1 amide bonds. The Balaban J connectivity index is 1.63. The Bertz CT molecular complexity index is 969. The molecule has 162 valence electrons. The molecule has 3 atom stereocenters. The Morgan fingerprint density at radius 1 is 1.10 bits per heavy atom. The van der Waals surface area contributed by atoms with Crippen molar-refractivity contribution in [3.05, 3.63) is 54.3 Å². The highest BCUT2D eigenvalue weighted by Gasteiger charge is 2.32. The molecule has 0 unspecified atom stereocenters. The van der Waals surface area contributed by atoms with Crippen molar-refractivity contribution in [1.29, 1.82) is 0 Å². The third-order valence-corrected chi connectivity index (χ3v) is 6.49. The number of hydrogen-bond donors (Lipinski definition) is 1. The van der Waals surface area contributed by atoms with Gasteiger partial charge in [0.25, 0.3) is 5.91 Å². The number of hydrogen-bond acceptors (Lipinski definition) is 5. The Hall–Kier alpha value is -2.49. The maximum Gasteiger partial charge on any atom is 0.265 e. The van der Waals surface area contributed by atoms with Crippen LogP contribution in [0.3, 0.4) is 0 Å². The van der Waals surface area contributed by atoms with Gasteiger partial charge in [0.05, 0.1) is 17.1 Å². The number of carbonyl (C=O) groups excluding carboxylic acids is 1. The maximum atomic E-state index is 13.0. The molecule has 1 aliphatic rings. The molecular formula is C21H25FN2O5S. The summed E-state index contributed by atoms with van der Waals surface area (Å²) >= 11 is 0. The summed E-state index contributed by atoms with van der Waals surface area (Å²) in [5, 5.41) is 2.68. The molecule has 1 aliphatic heterocycles. The van der Waals surface area contributed by atoms with Gasteiger partial charge in [-0.15, -0.1) is 0 Å². The summed E-state index contributed by atoms with van der Waals surface area (Å²) in [5.41, 5.74) is 0.442. The highest BCUT2D eigenvalue weighted by molar-refractivity contribution is 7.89. The number of sulfonamides is 1. The first-order valence-corrected chi connectivity index (χ1v) is 11.1. The van der Waals surface area contributed by atoms with Gasteiger partial charge in [-0.05, 0) is 69.3 Å². The van der Waals surface area contributed by atoms with Crippen LogP contribution in [0.1, 0.15) is 20.8 Å². The molecule has 7 nitrogen and oxygen atoms in total. The number of benzene rings is 2. The third-order valence-electron chi connectivity index (χ3n) is 4.64. The van der Waals surface area contributed by atoms with Crippen molar-refractivity contribution in [1.82, 2.24) is 4.31 Å². The minimum Gasteiger partial charge on any atom is -0.481 e. The lowest BCUT2D eigenvalue weighted by Crippen LogP contribution is -2.48. The summed E-state index contributed by atoms with van der Waals surface area (Å²) in [5.74, 6) is -0.435. The predicted molar refractivity (Wildman–Crippen MR) is 110 cm³/mol. The van der Waals surface area contributed by atoms with Gasteiger partial charge >= 0.3 is 0 Å². The third kappa shape index (κ3) is 5.35. The monoisotopic (exact) mass is 436 g/mol. The van der Waals surface area contributed by atoms with E-state index in [-0.39, 0.29) is 17.1 Å². The Kier molecular flexibility index (Phi) is 6.74. The van der Waals surface area contributed by atoms with Crippen molar-refractivity contribution in [2.45, 2.75) is 44.0 Å². The molecule has 1 heterocycles. The number of carbonyl (C=O) groups is 1. The quantitative estimate of drug-likeness (QED) is 0.753. The van der Waals surface area contributed by atoms with Crippen LogP contribution >= 0.6 is 0 Å². The Labute approximate surface area is 175 Å². The molecule has 0 aromatic heterocycles. The minimum atomic E-state index is -3.65. The fraction of sp³-hybridized carbons (Fsp3) is 0.381. The number of amides is 1. The molecule has 0 spiro atoms. The van der Waals surface area contributed by atoms with Crippen LogP contribution in [0, 0.1) is 5.82 Å². The molecule has 1 saturated heterocycles. The number of ether oxygens (including phenoxy) is 2. The molecule has 30 heavy (non-hydrogen) atoms.